The van der Waals surface area contributed by atoms with E-state index < -0.39 is 113 Å². The van der Waals surface area contributed by atoms with Crippen molar-refractivity contribution < 1.29 is 78.8 Å². The number of halogens is 2. The van der Waals surface area contributed by atoms with E-state index in [0.717, 1.165) is 52.4 Å². The molecule has 0 saturated heterocycles. The first-order chi connectivity index (χ1) is 39.2. The van der Waals surface area contributed by atoms with E-state index in [0.29, 0.717) is 31.6 Å². The standard InChI is InChI=1S/C20H18N2O8S2.C15H10Cl2N2O5S3.C15H12N2O5S3/c1-2-29-20(24)14-9-7-13(8-10-14)15-11-12-16(30-15)19(23)22-32(27,28)18-6-4-3-5-17(18)31(21,25)26;16-8-5-6-9-10(7-8)25-14(13(9)17)15(20)19-27(23,24)12-4-2-1-3-11(12)26(18,21)22;16-24(19,20)13-7-3-4-8-14(13)25(21,22)17-15(18)11-9-23-12-6-2-1-5-10(11)12/h3-12H,2H2,1H3,(H,22,23)(H2,21,25,26);1-7H,(H,19,20)(H2,18,21,22);1-9H,(H,17,18)(H2,16,19,20). The number of rotatable bonds is 15. The van der Waals surface area contributed by atoms with Crippen molar-refractivity contribution in [1.29, 1.82) is 0 Å². The summed E-state index contributed by atoms with van der Waals surface area (Å²) >= 11 is 14.3. The number of primary sulfonamides is 3. The number of esters is 1. The minimum Gasteiger partial charge on any atom is -0.462 e. The van der Waals surface area contributed by atoms with E-state index >= 15 is 0 Å². The summed E-state index contributed by atoms with van der Waals surface area (Å²) in [6.45, 7) is 1.93. The SMILES string of the molecule is CCOC(=O)c1ccc(-c2ccc(C(=O)NS(=O)(=O)c3ccccc3S(N)(=O)=O)o2)cc1.NS(=O)(=O)c1ccccc1S(=O)(=O)NC(=O)c1csc2ccccc12.NS(=O)(=O)c1ccccc1S(=O)(=O)NC(=O)c1sc2cc(Cl)ccc2c1Cl. The predicted octanol–water partition coefficient (Wildman–Crippen LogP) is 6.53. The summed E-state index contributed by atoms with van der Waals surface area (Å²) in [5, 5.41) is 18.4. The topological polar surface area (TPSA) is 410 Å². The van der Waals surface area contributed by atoms with Crippen molar-refractivity contribution in [3.63, 3.8) is 0 Å². The summed E-state index contributed by atoms with van der Waals surface area (Å²) in [5.41, 5.74) is 1.05. The third-order valence-electron chi connectivity index (χ3n) is 11.1. The molecule has 9 N–H and O–H groups in total. The second kappa shape index (κ2) is 25.4. The third kappa shape index (κ3) is 15.1. The molecule has 0 saturated carbocycles. The summed E-state index contributed by atoms with van der Waals surface area (Å²) in [7, 11) is -26.4. The second-order valence-electron chi connectivity index (χ2n) is 16.8. The van der Waals surface area contributed by atoms with Crippen molar-refractivity contribution in [3.05, 3.63) is 189 Å². The van der Waals surface area contributed by atoms with Crippen LogP contribution in [-0.4, -0.2) is 80.8 Å². The van der Waals surface area contributed by atoms with Gasteiger partial charge in [-0.05, 0) is 85.8 Å². The van der Waals surface area contributed by atoms with E-state index in [9.17, 15) is 69.7 Å². The molecule has 3 amide bonds. The van der Waals surface area contributed by atoms with Crippen LogP contribution in [0.15, 0.2) is 191 Å². The van der Waals surface area contributed by atoms with Crippen LogP contribution in [0.2, 0.25) is 10.0 Å². The van der Waals surface area contributed by atoms with Gasteiger partial charge in [-0.15, -0.1) is 22.7 Å². The van der Waals surface area contributed by atoms with Crippen molar-refractivity contribution in [2.24, 2.45) is 15.4 Å². The fourth-order valence-electron chi connectivity index (χ4n) is 7.34. The molecule has 0 aliphatic rings. The van der Waals surface area contributed by atoms with Gasteiger partial charge >= 0.3 is 11.9 Å². The Bertz CT molecular complexity index is 4800. The molecule has 0 aliphatic carbocycles. The van der Waals surface area contributed by atoms with E-state index in [4.69, 9.17) is 47.8 Å². The lowest BCUT2D eigenvalue weighted by molar-refractivity contribution is 0.0525. The molecule has 0 atom stereocenters. The molecule has 24 nitrogen and oxygen atoms in total. The molecule has 0 unspecified atom stereocenters. The number of fused-ring (bicyclic) bond motifs is 2. The monoisotopic (exact) mass is 1340 g/mol. The van der Waals surface area contributed by atoms with Crippen molar-refractivity contribution in [3.8, 4) is 11.3 Å². The highest BCUT2D eigenvalue weighted by molar-refractivity contribution is 7.93. The van der Waals surface area contributed by atoms with Gasteiger partial charge in [0.1, 0.15) is 40.0 Å². The number of sulfonamides is 6. The van der Waals surface area contributed by atoms with Crippen LogP contribution in [-0.2, 0) is 64.9 Å². The van der Waals surface area contributed by atoms with Gasteiger partial charge < -0.3 is 9.15 Å². The highest BCUT2D eigenvalue weighted by Gasteiger charge is 2.31. The number of carbonyl (C=O) groups is 4. The van der Waals surface area contributed by atoms with Gasteiger partial charge in [0.2, 0.25) is 30.1 Å². The van der Waals surface area contributed by atoms with Crippen LogP contribution in [0.25, 0.3) is 31.5 Å². The maximum absolute atomic E-state index is 12.6. The summed E-state index contributed by atoms with van der Waals surface area (Å²) in [5.74, 6) is -3.52. The lowest BCUT2D eigenvalue weighted by atomic mass is 10.1. The fourth-order valence-corrected chi connectivity index (χ4v) is 17.1. The molecule has 6 aromatic carbocycles. The molecular formula is C50H40Cl2N6O18S8. The number of nitrogens with one attached hydrogen (secondary N) is 3. The Morgan fingerprint density at radius 1 is 0.512 bits per heavy atom. The van der Waals surface area contributed by atoms with Crippen molar-refractivity contribution in [2.75, 3.05) is 6.61 Å². The quantitative estimate of drug-likeness (QED) is 0.0594. The zero-order valence-corrected chi connectivity index (χ0v) is 50.4. The molecule has 440 valence electrons. The Morgan fingerprint density at radius 3 is 1.45 bits per heavy atom. The molecule has 9 aromatic rings. The molecule has 0 fully saturated rings. The highest BCUT2D eigenvalue weighted by atomic mass is 35.5. The first-order valence-electron chi connectivity index (χ1n) is 23.0. The average molecular weight is 1340 g/mol. The van der Waals surface area contributed by atoms with Crippen molar-refractivity contribution >= 4 is 150 Å². The third-order valence-corrected chi connectivity index (χ3v) is 21.4. The maximum atomic E-state index is 12.6. The number of carbonyl (C=O) groups excluding carboxylic acids is 4. The largest absolute Gasteiger partial charge is 0.462 e. The van der Waals surface area contributed by atoms with E-state index in [-0.39, 0.29) is 33.6 Å². The van der Waals surface area contributed by atoms with E-state index in [1.807, 2.05) is 15.5 Å². The molecule has 0 spiro atoms. The molecule has 9 rings (SSSR count). The van der Waals surface area contributed by atoms with Crippen LogP contribution in [0, 0.1) is 0 Å². The van der Waals surface area contributed by atoms with Gasteiger partial charge in [0.15, 0.2) is 5.76 Å². The molecule has 0 radical (unpaired) electrons. The van der Waals surface area contributed by atoms with Gasteiger partial charge in [-0.3, -0.25) is 14.4 Å². The predicted molar refractivity (Wildman–Crippen MR) is 311 cm³/mol. The minimum absolute atomic E-state index is 0.0504. The zero-order valence-electron chi connectivity index (χ0n) is 42.3. The first kappa shape index (κ1) is 64.1. The van der Waals surface area contributed by atoms with Gasteiger partial charge in [-0.1, -0.05) is 96.0 Å². The van der Waals surface area contributed by atoms with Gasteiger partial charge in [-0.25, -0.2) is 84.9 Å². The van der Waals surface area contributed by atoms with E-state index in [1.54, 1.807) is 65.6 Å². The smallest absolute Gasteiger partial charge is 0.338 e. The lowest BCUT2D eigenvalue weighted by Crippen LogP contribution is -2.32. The Kier molecular flexibility index (Phi) is 19.4. The first-order valence-corrected chi connectivity index (χ1v) is 34.6. The summed E-state index contributed by atoms with van der Waals surface area (Å²) in [6, 6.07) is 34.8. The van der Waals surface area contributed by atoms with Crippen LogP contribution in [0.1, 0.15) is 47.9 Å². The van der Waals surface area contributed by atoms with Crippen LogP contribution >= 0.6 is 45.9 Å². The Morgan fingerprint density at radius 2 is 0.964 bits per heavy atom. The van der Waals surface area contributed by atoms with Crippen LogP contribution in [0.4, 0.5) is 0 Å². The number of nitrogens with two attached hydrogens (primary N) is 3. The number of thiophene rings is 2. The fraction of sp³-hybridized carbons (Fsp3) is 0.0400. The molecule has 3 heterocycles. The molecule has 3 aromatic heterocycles. The molecule has 34 heteroatoms. The maximum Gasteiger partial charge on any atom is 0.338 e. The average Bonchev–Trinajstić information content (AvgIpc) is 1.91. The van der Waals surface area contributed by atoms with Gasteiger partial charge in [0.05, 0.1) is 22.8 Å². The molecule has 0 bridgehead atoms. The number of benzene rings is 6. The zero-order chi connectivity index (χ0) is 61.7. The van der Waals surface area contributed by atoms with Gasteiger partial charge in [0.25, 0.3) is 41.9 Å². The Balaban J connectivity index is 0.000000182. The van der Waals surface area contributed by atoms with Crippen molar-refractivity contribution in [1.82, 2.24) is 14.2 Å². The second-order valence-corrected chi connectivity index (χ2v) is 29.1. The summed E-state index contributed by atoms with van der Waals surface area (Å²) in [4.78, 5) is 45.3. The summed E-state index contributed by atoms with van der Waals surface area (Å²) < 4.78 is 162. The number of ether oxygens (including phenoxy) is 1. The highest BCUT2D eigenvalue weighted by Crippen LogP contribution is 2.37. The minimum atomic E-state index is -4.57. The number of furan rings is 1. The van der Waals surface area contributed by atoms with E-state index in [1.165, 1.54) is 72.0 Å². The number of amides is 3. The summed E-state index contributed by atoms with van der Waals surface area (Å²) in [6.07, 6.45) is 0. The number of hydrogen-bond donors (Lipinski definition) is 6. The lowest BCUT2D eigenvalue weighted by Gasteiger charge is -2.10. The number of hydrogen-bond acceptors (Lipinski definition) is 20. The van der Waals surface area contributed by atoms with Gasteiger partial charge in [-0.2, -0.15) is 0 Å². The molecule has 84 heavy (non-hydrogen) atoms. The Hall–Kier alpha value is -7.44. The van der Waals surface area contributed by atoms with Crippen molar-refractivity contribution in [2.45, 2.75) is 36.3 Å². The van der Waals surface area contributed by atoms with Gasteiger partial charge in [0, 0.05) is 36.1 Å². The normalized spacial score (nSPS) is 12.0. The molecule has 0 aliphatic heterocycles. The molecular weight excluding hydrogens is 1300 g/mol. The van der Waals surface area contributed by atoms with Crippen LogP contribution < -0.4 is 29.6 Å². The van der Waals surface area contributed by atoms with E-state index in [2.05, 4.69) is 0 Å². The Labute approximate surface area is 497 Å². The van der Waals surface area contributed by atoms with Crippen LogP contribution in [0.5, 0.6) is 0 Å². The van der Waals surface area contributed by atoms with Crippen LogP contribution in [0.3, 0.4) is 0 Å².